The van der Waals surface area contributed by atoms with Gasteiger partial charge in [0.15, 0.2) is 0 Å². The van der Waals surface area contributed by atoms with E-state index in [2.05, 4.69) is 20.9 Å². The monoisotopic (exact) mass is 579 g/mol. The van der Waals surface area contributed by atoms with Crippen molar-refractivity contribution >= 4 is 40.6 Å². The molecule has 0 spiro atoms. The molecule has 0 bridgehead atoms. The number of rotatable bonds is 15. The first kappa shape index (κ1) is 31.8. The second kappa shape index (κ2) is 14.8. The number of carboxylic acid groups (broad SMARTS) is 2. The number of hydrogen-bond acceptors (Lipinski definition) is 6. The largest absolute Gasteiger partial charge is 0.481 e. The first-order valence-electron chi connectivity index (χ1n) is 13.7. The third-order valence-electron chi connectivity index (χ3n) is 7.15. The van der Waals surface area contributed by atoms with Crippen molar-refractivity contribution in [3.05, 3.63) is 71.9 Å². The second-order valence-electron chi connectivity index (χ2n) is 10.3. The lowest BCUT2D eigenvalue weighted by molar-refractivity contribution is -0.143. The van der Waals surface area contributed by atoms with Gasteiger partial charge in [-0.1, -0.05) is 68.8 Å². The van der Waals surface area contributed by atoms with Crippen LogP contribution in [0.15, 0.2) is 60.8 Å². The van der Waals surface area contributed by atoms with Gasteiger partial charge in [0.1, 0.15) is 18.1 Å². The second-order valence-corrected chi connectivity index (χ2v) is 10.3. The number of amides is 3. The van der Waals surface area contributed by atoms with E-state index in [9.17, 15) is 34.2 Å². The highest BCUT2D eigenvalue weighted by Crippen LogP contribution is 2.19. The first-order valence-corrected chi connectivity index (χ1v) is 13.7. The van der Waals surface area contributed by atoms with Gasteiger partial charge in [0.05, 0.1) is 12.5 Å². The molecule has 0 radical (unpaired) electrons. The van der Waals surface area contributed by atoms with Crippen molar-refractivity contribution in [3.8, 4) is 0 Å². The molecule has 1 aromatic heterocycles. The molecule has 12 nitrogen and oxygen atoms in total. The molecule has 3 rings (SSSR count). The van der Waals surface area contributed by atoms with Gasteiger partial charge in [-0.2, -0.15) is 0 Å². The summed E-state index contributed by atoms with van der Waals surface area (Å²) in [7, 11) is 0. The molecular formula is C30H37N5O7. The van der Waals surface area contributed by atoms with Crippen LogP contribution in [-0.2, 0) is 36.8 Å². The average molecular weight is 580 g/mol. The van der Waals surface area contributed by atoms with Crippen molar-refractivity contribution in [2.24, 2.45) is 11.7 Å². The van der Waals surface area contributed by atoms with E-state index in [0.29, 0.717) is 12.0 Å². The van der Waals surface area contributed by atoms with E-state index in [1.807, 2.05) is 24.3 Å². The Morgan fingerprint density at radius 1 is 0.833 bits per heavy atom. The number of fused-ring (bicyclic) bond motifs is 1. The molecule has 0 aliphatic carbocycles. The molecule has 5 atom stereocenters. The molecule has 8 N–H and O–H groups in total. The van der Waals surface area contributed by atoms with Crippen LogP contribution in [0.2, 0.25) is 0 Å². The summed E-state index contributed by atoms with van der Waals surface area (Å²) in [6.45, 7) is 3.48. The molecule has 0 fully saturated rings. The fourth-order valence-corrected chi connectivity index (χ4v) is 4.56. The minimum Gasteiger partial charge on any atom is -0.481 e. The van der Waals surface area contributed by atoms with E-state index < -0.39 is 66.2 Å². The number of nitrogens with two attached hydrogens (primary N) is 1. The Morgan fingerprint density at radius 3 is 2.12 bits per heavy atom. The number of H-pyrrole nitrogens is 1. The first-order chi connectivity index (χ1) is 20.0. The van der Waals surface area contributed by atoms with Gasteiger partial charge >= 0.3 is 11.9 Å². The van der Waals surface area contributed by atoms with E-state index in [4.69, 9.17) is 5.73 Å². The third-order valence-corrected chi connectivity index (χ3v) is 7.15. The number of benzene rings is 2. The Bertz CT molecular complexity index is 1410. The molecule has 3 aromatic rings. The number of aromatic amines is 1. The van der Waals surface area contributed by atoms with Crippen molar-refractivity contribution in [1.82, 2.24) is 20.9 Å². The molecular weight excluding hydrogens is 542 g/mol. The molecule has 0 aliphatic rings. The summed E-state index contributed by atoms with van der Waals surface area (Å²) in [6, 6.07) is 11.2. The zero-order chi connectivity index (χ0) is 30.8. The van der Waals surface area contributed by atoms with Gasteiger partial charge in [0.2, 0.25) is 17.7 Å². The Balaban J connectivity index is 1.71. The minimum atomic E-state index is -1.53. The summed E-state index contributed by atoms with van der Waals surface area (Å²) in [5.41, 5.74) is 8.47. The Labute approximate surface area is 243 Å². The summed E-state index contributed by atoms with van der Waals surface area (Å²) >= 11 is 0. The van der Waals surface area contributed by atoms with Crippen LogP contribution in [-0.4, -0.2) is 69.0 Å². The highest BCUT2D eigenvalue weighted by atomic mass is 16.4. The molecule has 12 heteroatoms. The summed E-state index contributed by atoms with van der Waals surface area (Å²) in [5, 5.41) is 27.4. The lowest BCUT2D eigenvalue weighted by Crippen LogP contribution is -2.59. The summed E-state index contributed by atoms with van der Waals surface area (Å²) in [6.07, 6.45) is 1.58. The number of nitrogens with one attached hydrogen (secondary N) is 4. The molecule has 5 unspecified atom stereocenters. The number of para-hydroxylation sites is 1. The lowest BCUT2D eigenvalue weighted by Gasteiger charge is -2.27. The number of carbonyl (C=O) groups is 5. The van der Waals surface area contributed by atoms with E-state index in [-0.39, 0.29) is 12.8 Å². The SMILES string of the molecule is CCC(C)C(NC(=O)C(CC(=O)O)NC(=O)C(N)Cc1c[nH]c2ccccc12)C(=O)NC(Cc1ccccc1)C(=O)O. The molecule has 3 amide bonds. The van der Waals surface area contributed by atoms with Crippen LogP contribution in [0.3, 0.4) is 0 Å². The number of aliphatic carboxylic acids is 2. The van der Waals surface area contributed by atoms with Crippen molar-refractivity contribution in [2.75, 3.05) is 0 Å². The zero-order valence-corrected chi connectivity index (χ0v) is 23.5. The smallest absolute Gasteiger partial charge is 0.326 e. The minimum absolute atomic E-state index is 0.0229. The van der Waals surface area contributed by atoms with Crippen LogP contribution in [0, 0.1) is 5.92 Å². The highest BCUT2D eigenvalue weighted by molar-refractivity contribution is 5.96. The number of hydrogen-bond donors (Lipinski definition) is 7. The van der Waals surface area contributed by atoms with Gasteiger partial charge in [-0.25, -0.2) is 4.79 Å². The van der Waals surface area contributed by atoms with Crippen molar-refractivity contribution in [1.29, 1.82) is 0 Å². The number of carbonyl (C=O) groups excluding carboxylic acids is 3. The van der Waals surface area contributed by atoms with Gasteiger partial charge < -0.3 is 36.9 Å². The van der Waals surface area contributed by atoms with Gasteiger partial charge in [-0.3, -0.25) is 19.2 Å². The maximum atomic E-state index is 13.2. The van der Waals surface area contributed by atoms with E-state index >= 15 is 0 Å². The predicted octanol–water partition coefficient (Wildman–Crippen LogP) is 1.34. The highest BCUT2D eigenvalue weighted by Gasteiger charge is 2.33. The van der Waals surface area contributed by atoms with Gasteiger partial charge in [0, 0.05) is 23.5 Å². The van der Waals surface area contributed by atoms with Crippen molar-refractivity contribution < 1.29 is 34.2 Å². The normalized spacial score (nSPS) is 14.6. The average Bonchev–Trinajstić information content (AvgIpc) is 3.37. The zero-order valence-electron chi connectivity index (χ0n) is 23.5. The molecule has 2 aromatic carbocycles. The quantitative estimate of drug-likeness (QED) is 0.140. The van der Waals surface area contributed by atoms with Crippen molar-refractivity contribution in [2.45, 2.75) is 63.7 Å². The molecule has 224 valence electrons. The van der Waals surface area contributed by atoms with Gasteiger partial charge in [-0.05, 0) is 29.5 Å². The summed E-state index contributed by atoms with van der Waals surface area (Å²) in [5.74, 6) is -5.41. The van der Waals surface area contributed by atoms with Crippen LogP contribution in [0.5, 0.6) is 0 Å². The van der Waals surface area contributed by atoms with E-state index in [1.54, 1.807) is 50.4 Å². The third kappa shape index (κ3) is 8.64. The predicted molar refractivity (Wildman–Crippen MR) is 155 cm³/mol. The summed E-state index contributed by atoms with van der Waals surface area (Å²) < 4.78 is 0. The standard InChI is InChI=1S/C30H37N5O7/c1-3-17(2)26(29(40)34-24(30(41)42)13-18-9-5-4-6-10-18)35-28(39)23(15-25(36)37)33-27(38)21(31)14-19-16-32-22-12-8-7-11-20(19)22/h4-12,16-17,21,23-24,26,32H,3,13-15,31H2,1-2H3,(H,33,38)(H,34,40)(H,35,39)(H,36,37)(H,41,42). The molecule has 1 heterocycles. The van der Waals surface area contributed by atoms with E-state index in [1.165, 1.54) is 0 Å². The maximum Gasteiger partial charge on any atom is 0.326 e. The summed E-state index contributed by atoms with van der Waals surface area (Å²) in [4.78, 5) is 66.0. The van der Waals surface area contributed by atoms with Crippen molar-refractivity contribution in [3.63, 3.8) is 0 Å². The fourth-order valence-electron chi connectivity index (χ4n) is 4.56. The van der Waals surface area contributed by atoms with Gasteiger partial charge in [0.25, 0.3) is 0 Å². The van der Waals surface area contributed by atoms with E-state index in [0.717, 1.165) is 16.5 Å². The topological polar surface area (TPSA) is 204 Å². The number of aromatic nitrogens is 1. The molecule has 0 saturated carbocycles. The van der Waals surface area contributed by atoms with Crippen LogP contribution >= 0.6 is 0 Å². The van der Waals surface area contributed by atoms with Crippen LogP contribution in [0.4, 0.5) is 0 Å². The molecule has 42 heavy (non-hydrogen) atoms. The van der Waals surface area contributed by atoms with Crippen LogP contribution < -0.4 is 21.7 Å². The molecule has 0 aliphatic heterocycles. The Kier molecular flexibility index (Phi) is 11.2. The fraction of sp³-hybridized carbons (Fsp3) is 0.367. The lowest BCUT2D eigenvalue weighted by atomic mass is 9.96. The molecule has 0 saturated heterocycles. The van der Waals surface area contributed by atoms with Crippen LogP contribution in [0.25, 0.3) is 10.9 Å². The number of carboxylic acids is 2. The Morgan fingerprint density at radius 2 is 1.48 bits per heavy atom. The van der Waals surface area contributed by atoms with Gasteiger partial charge in [-0.15, -0.1) is 0 Å². The Hall–Kier alpha value is -4.71. The van der Waals surface area contributed by atoms with Crippen LogP contribution in [0.1, 0.15) is 37.8 Å². The maximum absolute atomic E-state index is 13.2.